The van der Waals surface area contributed by atoms with Crippen LogP contribution in [0.3, 0.4) is 0 Å². The largest absolute Gasteiger partial charge is 2.00 e. The molecule has 0 saturated heterocycles. The fourth-order valence-corrected chi connectivity index (χ4v) is 8.59. The predicted octanol–water partition coefficient (Wildman–Crippen LogP) is -0.352. The van der Waals surface area contributed by atoms with Crippen molar-refractivity contribution < 1.29 is 50.5 Å². The molecule has 4 rings (SSSR count). The SMILES string of the molecule is [Br-].[Br-].[Ni+2].c1ccc(P(CCCP(c2ccccc2)c2ccccc2)c2ccccc2)cc1. The summed E-state index contributed by atoms with van der Waals surface area (Å²) in [7, 11) is -0.618. The Hall–Kier alpha value is -0.806. The Bertz CT molecular complexity index is 825. The van der Waals surface area contributed by atoms with Gasteiger partial charge in [-0.3, -0.25) is 0 Å². The summed E-state index contributed by atoms with van der Waals surface area (Å²) in [4.78, 5) is 0. The summed E-state index contributed by atoms with van der Waals surface area (Å²) < 4.78 is 0. The Morgan fingerprint density at radius 2 is 0.594 bits per heavy atom. The van der Waals surface area contributed by atoms with Crippen LogP contribution in [-0.2, 0) is 16.5 Å². The van der Waals surface area contributed by atoms with E-state index in [1.807, 2.05) is 0 Å². The Labute approximate surface area is 226 Å². The molecule has 4 aromatic carbocycles. The van der Waals surface area contributed by atoms with E-state index in [4.69, 9.17) is 0 Å². The van der Waals surface area contributed by atoms with Crippen LogP contribution in [0.5, 0.6) is 0 Å². The van der Waals surface area contributed by atoms with Crippen molar-refractivity contribution in [1.29, 1.82) is 0 Å². The summed E-state index contributed by atoms with van der Waals surface area (Å²) in [6, 6.07) is 44.3. The quantitative estimate of drug-likeness (QED) is 0.185. The molecule has 32 heavy (non-hydrogen) atoms. The molecule has 0 aliphatic heterocycles. The Morgan fingerprint density at radius 1 is 0.375 bits per heavy atom. The topological polar surface area (TPSA) is 0 Å². The van der Waals surface area contributed by atoms with E-state index in [-0.39, 0.29) is 66.3 Å². The smallest absolute Gasteiger partial charge is 1.00 e. The van der Waals surface area contributed by atoms with Gasteiger partial charge in [0.1, 0.15) is 0 Å². The van der Waals surface area contributed by atoms with Gasteiger partial charge in [0.2, 0.25) is 0 Å². The maximum atomic E-state index is 2.30. The molecule has 0 amide bonds. The fourth-order valence-electron chi connectivity index (χ4n) is 3.63. The van der Waals surface area contributed by atoms with Crippen molar-refractivity contribution in [3.05, 3.63) is 121 Å². The second kappa shape index (κ2) is 15.9. The van der Waals surface area contributed by atoms with Crippen LogP contribution in [0.2, 0.25) is 0 Å². The minimum absolute atomic E-state index is 0. The first kappa shape index (κ1) is 29.2. The van der Waals surface area contributed by atoms with E-state index < -0.39 is 0 Å². The zero-order chi connectivity index (χ0) is 19.7. The summed E-state index contributed by atoms with van der Waals surface area (Å²) in [6.45, 7) is 0. The third-order valence-corrected chi connectivity index (χ3v) is 10.2. The van der Waals surface area contributed by atoms with Crippen LogP contribution in [0.4, 0.5) is 0 Å². The molecule has 0 unspecified atom stereocenters. The van der Waals surface area contributed by atoms with Gasteiger partial charge < -0.3 is 34.0 Å². The van der Waals surface area contributed by atoms with Crippen molar-refractivity contribution in [3.8, 4) is 0 Å². The molecule has 0 aromatic heterocycles. The molecule has 0 saturated carbocycles. The molecular formula is C27H26Br2NiP2. The normalized spacial score (nSPS) is 10.1. The molecule has 4 aromatic rings. The maximum Gasteiger partial charge on any atom is 2.00 e. The van der Waals surface area contributed by atoms with Gasteiger partial charge in [-0.2, -0.15) is 0 Å². The standard InChI is InChI=1S/C27H26P2.2BrH.Ni/c1-5-14-24(15-6-1)28(25-16-7-2-8-17-25)22-13-23-29(26-18-9-3-10-19-26)27-20-11-4-12-21-27;;;/h1-12,14-21H,13,22-23H2;2*1H;/q;;;+2/p-2. The minimum Gasteiger partial charge on any atom is -1.00 e. The molecule has 0 spiro atoms. The third kappa shape index (κ3) is 8.20. The predicted molar refractivity (Wildman–Crippen MR) is 132 cm³/mol. The maximum absolute atomic E-state index is 2.30. The van der Waals surface area contributed by atoms with Crippen LogP contribution >= 0.6 is 15.8 Å². The Morgan fingerprint density at radius 3 is 0.812 bits per heavy atom. The molecule has 0 aliphatic carbocycles. The molecule has 0 fully saturated rings. The third-order valence-electron chi connectivity index (χ3n) is 5.03. The van der Waals surface area contributed by atoms with E-state index in [0.29, 0.717) is 0 Å². The van der Waals surface area contributed by atoms with Crippen LogP contribution in [0, 0.1) is 0 Å². The second-order valence-electron chi connectivity index (χ2n) is 7.00. The van der Waals surface area contributed by atoms with E-state index >= 15 is 0 Å². The van der Waals surface area contributed by atoms with Crippen LogP contribution in [0.15, 0.2) is 121 Å². The summed E-state index contributed by atoms with van der Waals surface area (Å²) >= 11 is 0. The molecule has 0 heterocycles. The molecular weight excluding hydrogens is 605 g/mol. The molecule has 0 nitrogen and oxygen atoms in total. The van der Waals surface area contributed by atoms with Crippen molar-refractivity contribution in [2.45, 2.75) is 6.42 Å². The zero-order valence-corrected chi connectivity index (χ0v) is 23.6. The van der Waals surface area contributed by atoms with Crippen molar-refractivity contribution in [2.75, 3.05) is 12.3 Å². The monoisotopic (exact) mass is 628 g/mol. The molecule has 0 atom stereocenters. The Kier molecular flexibility index (Phi) is 14.5. The average molecular weight is 631 g/mol. The van der Waals surface area contributed by atoms with Crippen LogP contribution in [0.1, 0.15) is 6.42 Å². The van der Waals surface area contributed by atoms with Crippen LogP contribution in [0.25, 0.3) is 0 Å². The van der Waals surface area contributed by atoms with Gasteiger partial charge in [0.05, 0.1) is 0 Å². The van der Waals surface area contributed by atoms with E-state index in [2.05, 4.69) is 121 Å². The number of benzene rings is 4. The number of hydrogen-bond donors (Lipinski definition) is 0. The molecule has 0 aliphatic rings. The number of halogens is 2. The molecule has 5 heteroatoms. The van der Waals surface area contributed by atoms with Gasteiger partial charge in [0.15, 0.2) is 0 Å². The summed E-state index contributed by atoms with van der Waals surface area (Å²) in [6.07, 6.45) is 3.72. The van der Waals surface area contributed by atoms with E-state index in [1.54, 1.807) is 0 Å². The first-order chi connectivity index (χ1) is 14.4. The summed E-state index contributed by atoms with van der Waals surface area (Å²) in [5.74, 6) is 0. The molecule has 0 N–H and O–H groups in total. The van der Waals surface area contributed by atoms with E-state index in [0.717, 1.165) is 0 Å². The van der Waals surface area contributed by atoms with Gasteiger partial charge in [-0.05, 0) is 55.8 Å². The van der Waals surface area contributed by atoms with Crippen molar-refractivity contribution in [2.24, 2.45) is 0 Å². The molecule has 168 valence electrons. The first-order valence-electron chi connectivity index (χ1n) is 10.2. The summed E-state index contributed by atoms with van der Waals surface area (Å²) in [5, 5.41) is 5.94. The minimum atomic E-state index is -0.309. The van der Waals surface area contributed by atoms with Gasteiger partial charge >= 0.3 is 16.5 Å². The van der Waals surface area contributed by atoms with Gasteiger partial charge in [-0.1, -0.05) is 121 Å². The Balaban J connectivity index is 0.00000171. The summed E-state index contributed by atoms with van der Waals surface area (Å²) in [5.41, 5.74) is 0. The van der Waals surface area contributed by atoms with Gasteiger partial charge in [-0.15, -0.1) is 0 Å². The van der Waals surface area contributed by atoms with E-state index in [9.17, 15) is 0 Å². The molecule has 0 radical (unpaired) electrons. The average Bonchev–Trinajstić information content (AvgIpc) is 2.81. The van der Waals surface area contributed by atoms with E-state index in [1.165, 1.54) is 40.0 Å². The number of rotatable bonds is 8. The van der Waals surface area contributed by atoms with Crippen LogP contribution in [-0.4, -0.2) is 12.3 Å². The van der Waals surface area contributed by atoms with Crippen LogP contribution < -0.4 is 55.2 Å². The van der Waals surface area contributed by atoms with Crippen molar-refractivity contribution in [1.82, 2.24) is 0 Å². The van der Waals surface area contributed by atoms with Crippen molar-refractivity contribution >= 4 is 37.1 Å². The van der Waals surface area contributed by atoms with Gasteiger partial charge in [0.25, 0.3) is 0 Å². The van der Waals surface area contributed by atoms with Gasteiger partial charge in [-0.25, -0.2) is 0 Å². The first-order valence-corrected chi connectivity index (χ1v) is 13.2. The molecule has 0 bridgehead atoms. The second-order valence-corrected chi connectivity index (χ2v) is 11.7. The van der Waals surface area contributed by atoms with Crippen molar-refractivity contribution in [3.63, 3.8) is 0 Å². The number of hydrogen-bond acceptors (Lipinski definition) is 0. The fraction of sp³-hybridized carbons (Fsp3) is 0.111. The van der Waals surface area contributed by atoms with Gasteiger partial charge in [0, 0.05) is 0 Å². The zero-order valence-electron chi connectivity index (χ0n) is 17.6.